The van der Waals surface area contributed by atoms with Gasteiger partial charge in [0.15, 0.2) is 11.9 Å². The van der Waals surface area contributed by atoms with Crippen molar-refractivity contribution in [3.8, 4) is 0 Å². The number of hydrogen-bond donors (Lipinski definition) is 2. The molecule has 2 aromatic rings. The number of furan rings is 1. The predicted octanol–water partition coefficient (Wildman–Crippen LogP) is 2.14. The Kier molecular flexibility index (Phi) is 2.65. The van der Waals surface area contributed by atoms with Crippen molar-refractivity contribution < 1.29 is 19.3 Å². The summed E-state index contributed by atoms with van der Waals surface area (Å²) in [5.41, 5.74) is 0.833. The lowest BCUT2D eigenvalue weighted by Gasteiger charge is -2.31. The summed E-state index contributed by atoms with van der Waals surface area (Å²) < 4.78 is 5.00. The number of hydrogen-bond acceptors (Lipinski definition) is 6. The van der Waals surface area contributed by atoms with Gasteiger partial charge in [0, 0.05) is 5.69 Å². The molecule has 0 fully saturated rings. The van der Waals surface area contributed by atoms with Crippen molar-refractivity contribution in [2.45, 2.75) is 6.17 Å². The molecule has 8 nitrogen and oxygen atoms in total. The Bertz CT molecular complexity index is 696. The fourth-order valence-electron chi connectivity index (χ4n) is 2.02. The molecule has 20 heavy (non-hydrogen) atoms. The average Bonchev–Trinajstić information content (AvgIpc) is 2.92. The molecule has 0 aliphatic carbocycles. The zero-order valence-corrected chi connectivity index (χ0v) is 10.0. The first kappa shape index (κ1) is 12.2. The number of anilines is 1. The first-order chi connectivity index (χ1) is 9.58. The minimum Gasteiger partial charge on any atom is -0.401 e. The Hall–Kier alpha value is -2.87. The Morgan fingerprint density at radius 2 is 2.05 bits per heavy atom. The zero-order chi connectivity index (χ0) is 14.3. The number of amides is 1. The molecule has 0 spiro atoms. The molecule has 2 N–H and O–H groups in total. The van der Waals surface area contributed by atoms with Crippen molar-refractivity contribution in [3.05, 3.63) is 57.8 Å². The maximum atomic E-state index is 12.0. The van der Waals surface area contributed by atoms with Gasteiger partial charge in [-0.3, -0.25) is 20.1 Å². The number of nitro groups is 1. The van der Waals surface area contributed by atoms with Crippen LogP contribution in [-0.2, 0) is 0 Å². The van der Waals surface area contributed by atoms with E-state index in [1.807, 2.05) is 0 Å². The Labute approximate surface area is 112 Å². The third kappa shape index (κ3) is 1.79. The number of nitrogens with one attached hydrogen (secondary N) is 1. The summed E-state index contributed by atoms with van der Waals surface area (Å²) in [5.74, 6) is -0.994. The highest BCUT2D eigenvalue weighted by atomic mass is 16.6. The molecule has 1 amide bonds. The molecule has 1 atom stereocenters. The van der Waals surface area contributed by atoms with Crippen LogP contribution >= 0.6 is 0 Å². The number of nitrogens with zero attached hydrogens (tertiary/aromatic N) is 2. The second-order valence-corrected chi connectivity index (χ2v) is 4.18. The highest BCUT2D eigenvalue weighted by Crippen LogP contribution is 2.33. The number of benzene rings is 1. The summed E-state index contributed by atoms with van der Waals surface area (Å²) in [7, 11) is 0. The smallest absolute Gasteiger partial charge is 0.401 e. The minimum absolute atomic E-state index is 0.0713. The zero-order valence-electron chi connectivity index (χ0n) is 10.0. The highest BCUT2D eigenvalue weighted by Gasteiger charge is 2.34. The Morgan fingerprint density at radius 1 is 1.30 bits per heavy atom. The molecule has 102 valence electrons. The van der Waals surface area contributed by atoms with Gasteiger partial charge in [0.25, 0.3) is 5.91 Å². The lowest BCUT2D eigenvalue weighted by atomic mass is 10.1. The van der Waals surface area contributed by atoms with Crippen LogP contribution in [0.15, 0.2) is 40.8 Å². The molecule has 1 aromatic heterocycles. The number of carbonyl (C=O) groups is 1. The van der Waals surface area contributed by atoms with Crippen LogP contribution in [-0.4, -0.2) is 21.1 Å². The number of rotatable bonds is 2. The van der Waals surface area contributed by atoms with Gasteiger partial charge in [0.2, 0.25) is 0 Å². The van der Waals surface area contributed by atoms with E-state index in [0.717, 1.165) is 6.07 Å². The van der Waals surface area contributed by atoms with Crippen LogP contribution in [0.1, 0.15) is 22.3 Å². The summed E-state index contributed by atoms with van der Waals surface area (Å²) in [6, 6.07) is 9.13. The van der Waals surface area contributed by atoms with Gasteiger partial charge in [0.05, 0.1) is 11.6 Å². The fourth-order valence-corrected chi connectivity index (χ4v) is 2.02. The quantitative estimate of drug-likeness (QED) is 0.493. The van der Waals surface area contributed by atoms with Crippen molar-refractivity contribution in [3.63, 3.8) is 0 Å². The molecule has 1 aliphatic heterocycles. The Morgan fingerprint density at radius 3 is 2.75 bits per heavy atom. The van der Waals surface area contributed by atoms with Crippen LogP contribution in [0.2, 0.25) is 0 Å². The van der Waals surface area contributed by atoms with E-state index in [-0.39, 0.29) is 5.76 Å². The number of fused-ring (bicyclic) bond motifs is 1. The first-order valence-electron chi connectivity index (χ1n) is 5.70. The van der Waals surface area contributed by atoms with E-state index < -0.39 is 22.9 Å². The molecule has 1 aromatic carbocycles. The molecular formula is C12H9N3O5. The number of carbonyl (C=O) groups excluding carboxylic acids is 1. The van der Waals surface area contributed by atoms with Gasteiger partial charge < -0.3 is 9.73 Å². The van der Waals surface area contributed by atoms with E-state index in [1.54, 1.807) is 24.3 Å². The summed E-state index contributed by atoms with van der Waals surface area (Å²) in [4.78, 5) is 21.9. The maximum Gasteiger partial charge on any atom is 0.433 e. The molecule has 1 aliphatic rings. The SMILES string of the molecule is O=C1c2ccccc2NC(c2ccc([N+](=O)[O-])o2)N1O. The monoisotopic (exact) mass is 275 g/mol. The average molecular weight is 275 g/mol. The molecule has 0 bridgehead atoms. The Balaban J connectivity index is 1.99. The molecule has 0 saturated heterocycles. The van der Waals surface area contributed by atoms with E-state index in [2.05, 4.69) is 5.32 Å². The molecule has 8 heteroatoms. The topological polar surface area (TPSA) is 109 Å². The van der Waals surface area contributed by atoms with Crippen molar-refractivity contribution >= 4 is 17.5 Å². The third-order valence-corrected chi connectivity index (χ3v) is 2.96. The van der Waals surface area contributed by atoms with Crippen LogP contribution in [0.5, 0.6) is 0 Å². The number of para-hydroxylation sites is 1. The summed E-state index contributed by atoms with van der Waals surface area (Å²) in [5, 5.41) is 23.8. The van der Waals surface area contributed by atoms with Gasteiger partial charge in [-0.2, -0.15) is 5.06 Å². The number of hydroxylamine groups is 2. The lowest BCUT2D eigenvalue weighted by Crippen LogP contribution is -2.40. The van der Waals surface area contributed by atoms with Crippen molar-refractivity contribution in [1.29, 1.82) is 0 Å². The second-order valence-electron chi connectivity index (χ2n) is 4.18. The van der Waals surface area contributed by atoms with Crippen LogP contribution in [0.4, 0.5) is 11.6 Å². The standard InChI is InChI=1S/C12H9N3O5/c16-12-7-3-1-2-4-8(7)13-11(14(12)17)9-5-6-10(20-9)15(18)19/h1-6,11,13,17H. The first-order valence-corrected chi connectivity index (χ1v) is 5.70. The van der Waals surface area contributed by atoms with Gasteiger partial charge in [-0.25, -0.2) is 0 Å². The van der Waals surface area contributed by atoms with Gasteiger partial charge in [-0.15, -0.1) is 0 Å². The molecule has 2 heterocycles. The predicted molar refractivity (Wildman–Crippen MR) is 66.1 cm³/mol. The van der Waals surface area contributed by atoms with Gasteiger partial charge in [0.1, 0.15) is 4.92 Å². The fraction of sp³-hybridized carbons (Fsp3) is 0.0833. The van der Waals surface area contributed by atoms with E-state index in [1.165, 1.54) is 6.07 Å². The summed E-state index contributed by atoms with van der Waals surface area (Å²) in [6.45, 7) is 0. The molecule has 1 unspecified atom stereocenters. The normalized spacial score (nSPS) is 17.6. The largest absolute Gasteiger partial charge is 0.433 e. The van der Waals surface area contributed by atoms with Gasteiger partial charge in [-0.05, 0) is 18.2 Å². The maximum absolute atomic E-state index is 12.0. The summed E-state index contributed by atoms with van der Waals surface area (Å²) in [6.07, 6.45) is -1.01. The van der Waals surface area contributed by atoms with Crippen molar-refractivity contribution in [1.82, 2.24) is 5.06 Å². The lowest BCUT2D eigenvalue weighted by molar-refractivity contribution is -0.402. The van der Waals surface area contributed by atoms with E-state index in [0.29, 0.717) is 16.3 Å². The van der Waals surface area contributed by atoms with Crippen LogP contribution in [0.25, 0.3) is 0 Å². The van der Waals surface area contributed by atoms with Gasteiger partial charge in [-0.1, -0.05) is 12.1 Å². The molecule has 0 radical (unpaired) electrons. The van der Waals surface area contributed by atoms with Gasteiger partial charge >= 0.3 is 5.88 Å². The molecule has 3 rings (SSSR count). The van der Waals surface area contributed by atoms with Crippen molar-refractivity contribution in [2.24, 2.45) is 0 Å². The summed E-state index contributed by atoms with van der Waals surface area (Å²) >= 11 is 0. The molecular weight excluding hydrogens is 266 g/mol. The minimum atomic E-state index is -1.01. The second kappa shape index (κ2) is 4.35. The van der Waals surface area contributed by atoms with Crippen LogP contribution < -0.4 is 5.32 Å². The third-order valence-electron chi connectivity index (χ3n) is 2.96. The van der Waals surface area contributed by atoms with E-state index in [9.17, 15) is 20.1 Å². The van der Waals surface area contributed by atoms with E-state index in [4.69, 9.17) is 4.42 Å². The van der Waals surface area contributed by atoms with Crippen LogP contribution in [0, 0.1) is 10.1 Å². The molecule has 0 saturated carbocycles. The van der Waals surface area contributed by atoms with E-state index >= 15 is 0 Å². The van der Waals surface area contributed by atoms with Crippen LogP contribution in [0.3, 0.4) is 0 Å². The van der Waals surface area contributed by atoms with Crippen molar-refractivity contribution in [2.75, 3.05) is 5.32 Å². The highest BCUT2D eigenvalue weighted by molar-refractivity contribution is 6.00.